The Morgan fingerprint density at radius 2 is 2.29 bits per heavy atom. The molecule has 2 rings (SSSR count). The van der Waals surface area contributed by atoms with Crippen molar-refractivity contribution in [3.63, 3.8) is 0 Å². The molecule has 0 spiro atoms. The fourth-order valence-electron chi connectivity index (χ4n) is 1.85. The molecule has 0 saturated carbocycles. The molecule has 0 N–H and O–H groups in total. The molecule has 0 radical (unpaired) electrons. The van der Waals surface area contributed by atoms with E-state index in [-0.39, 0.29) is 5.82 Å². The van der Waals surface area contributed by atoms with Crippen molar-refractivity contribution in [1.29, 1.82) is 0 Å². The lowest BCUT2D eigenvalue weighted by Crippen LogP contribution is -2.14. The average Bonchev–Trinajstić information content (AvgIpc) is 2.94. The molecule has 1 fully saturated rings. The molecule has 17 heavy (non-hydrogen) atoms. The molecule has 2 atom stereocenters. The van der Waals surface area contributed by atoms with E-state index in [0.717, 1.165) is 13.1 Å². The number of rotatable bonds is 5. The van der Waals surface area contributed by atoms with E-state index < -0.39 is 0 Å². The summed E-state index contributed by atoms with van der Waals surface area (Å²) in [6.07, 6.45) is 0. The minimum atomic E-state index is -0.338. The van der Waals surface area contributed by atoms with Gasteiger partial charge in [0.2, 0.25) is 0 Å². The second-order valence-corrected chi connectivity index (χ2v) is 5.29. The second kappa shape index (κ2) is 5.23. The Balaban J connectivity index is 1.79. The smallest absolute Gasteiger partial charge is 0.138 e. The summed E-state index contributed by atoms with van der Waals surface area (Å²) in [4.78, 5) is 2.36. The molecule has 1 aliphatic heterocycles. The van der Waals surface area contributed by atoms with Crippen LogP contribution >= 0.6 is 11.6 Å². The van der Waals surface area contributed by atoms with Crippen LogP contribution in [0.2, 0.25) is 5.02 Å². The number of ether oxygens (including phenoxy) is 1. The van der Waals surface area contributed by atoms with Gasteiger partial charge in [0, 0.05) is 13.1 Å². The second-order valence-electron chi connectivity index (χ2n) is 4.89. The van der Waals surface area contributed by atoms with Crippen molar-refractivity contribution in [2.75, 3.05) is 19.7 Å². The SMILES string of the molecule is CC(C)CN1CC1COc1ccc(F)cc1Cl. The molecule has 4 heteroatoms. The maximum absolute atomic E-state index is 12.8. The van der Waals surface area contributed by atoms with E-state index in [2.05, 4.69) is 18.7 Å². The Bertz CT molecular complexity index is 397. The highest BCUT2D eigenvalue weighted by molar-refractivity contribution is 6.32. The van der Waals surface area contributed by atoms with E-state index in [1.54, 1.807) is 6.07 Å². The molecule has 2 nitrogen and oxygen atoms in total. The summed E-state index contributed by atoms with van der Waals surface area (Å²) in [7, 11) is 0. The van der Waals surface area contributed by atoms with Gasteiger partial charge in [-0.1, -0.05) is 25.4 Å². The molecule has 0 aliphatic carbocycles. The third-order valence-electron chi connectivity index (χ3n) is 2.75. The van der Waals surface area contributed by atoms with Gasteiger partial charge in [-0.3, -0.25) is 4.90 Å². The average molecular weight is 258 g/mol. The van der Waals surface area contributed by atoms with E-state index in [1.165, 1.54) is 12.1 Å². The van der Waals surface area contributed by atoms with E-state index in [0.29, 0.717) is 29.3 Å². The zero-order valence-electron chi connectivity index (χ0n) is 10.1. The normalized spacial score (nSPS) is 22.9. The third kappa shape index (κ3) is 3.58. The standard InChI is InChI=1S/C13H17ClFNO/c1-9(2)6-16-7-11(16)8-17-13-4-3-10(15)5-12(13)14/h3-5,9,11H,6-8H2,1-2H3. The Morgan fingerprint density at radius 3 is 2.94 bits per heavy atom. The van der Waals surface area contributed by atoms with Gasteiger partial charge >= 0.3 is 0 Å². The summed E-state index contributed by atoms with van der Waals surface area (Å²) < 4.78 is 18.4. The molecule has 94 valence electrons. The van der Waals surface area contributed by atoms with Crippen LogP contribution in [-0.4, -0.2) is 30.6 Å². The summed E-state index contributed by atoms with van der Waals surface area (Å²) in [6, 6.07) is 4.70. The van der Waals surface area contributed by atoms with Gasteiger partial charge in [0.15, 0.2) is 0 Å². The van der Waals surface area contributed by atoms with Gasteiger partial charge in [-0.2, -0.15) is 0 Å². The van der Waals surface area contributed by atoms with Crippen LogP contribution in [0.1, 0.15) is 13.8 Å². The highest BCUT2D eigenvalue weighted by Crippen LogP contribution is 2.27. The van der Waals surface area contributed by atoms with Gasteiger partial charge in [0.25, 0.3) is 0 Å². The monoisotopic (exact) mass is 257 g/mol. The van der Waals surface area contributed by atoms with Gasteiger partial charge in [-0.15, -0.1) is 0 Å². The van der Waals surface area contributed by atoms with E-state index in [4.69, 9.17) is 16.3 Å². The molecule has 1 aliphatic rings. The van der Waals surface area contributed by atoms with Crippen LogP contribution < -0.4 is 4.74 Å². The third-order valence-corrected chi connectivity index (χ3v) is 3.05. The van der Waals surface area contributed by atoms with E-state index in [9.17, 15) is 4.39 Å². The van der Waals surface area contributed by atoms with Crippen molar-refractivity contribution in [2.24, 2.45) is 5.92 Å². The Kier molecular flexibility index (Phi) is 3.89. The summed E-state index contributed by atoms with van der Waals surface area (Å²) in [5, 5.41) is 0.334. The number of benzene rings is 1. The molecule has 1 aromatic carbocycles. The zero-order valence-corrected chi connectivity index (χ0v) is 10.9. The van der Waals surface area contributed by atoms with Gasteiger partial charge in [-0.05, 0) is 24.1 Å². The topological polar surface area (TPSA) is 12.2 Å². The van der Waals surface area contributed by atoms with Crippen LogP contribution in [0.25, 0.3) is 0 Å². The summed E-state index contributed by atoms with van der Waals surface area (Å²) >= 11 is 5.88. The molecule has 1 aromatic rings. The fraction of sp³-hybridized carbons (Fsp3) is 0.538. The van der Waals surface area contributed by atoms with Crippen molar-refractivity contribution in [1.82, 2.24) is 4.90 Å². The Labute approximate surface area is 106 Å². The molecular formula is C13H17ClFNO. The largest absolute Gasteiger partial charge is 0.490 e. The quantitative estimate of drug-likeness (QED) is 0.751. The van der Waals surface area contributed by atoms with Crippen LogP contribution in [0.15, 0.2) is 18.2 Å². The van der Waals surface area contributed by atoms with Crippen LogP contribution in [0.4, 0.5) is 4.39 Å². The Morgan fingerprint density at radius 1 is 1.53 bits per heavy atom. The van der Waals surface area contributed by atoms with Crippen LogP contribution in [0.3, 0.4) is 0 Å². The Hall–Kier alpha value is -0.800. The molecule has 2 unspecified atom stereocenters. The minimum absolute atomic E-state index is 0.334. The first-order valence-corrected chi connectivity index (χ1v) is 6.26. The molecule has 1 heterocycles. The number of halogens is 2. The number of hydrogen-bond donors (Lipinski definition) is 0. The number of nitrogens with zero attached hydrogens (tertiary/aromatic N) is 1. The van der Waals surface area contributed by atoms with E-state index in [1.807, 2.05) is 0 Å². The first-order chi connectivity index (χ1) is 8.06. The lowest BCUT2D eigenvalue weighted by Gasteiger charge is -2.09. The van der Waals surface area contributed by atoms with Crippen molar-refractivity contribution in [2.45, 2.75) is 19.9 Å². The van der Waals surface area contributed by atoms with Crippen molar-refractivity contribution < 1.29 is 9.13 Å². The number of hydrogen-bond acceptors (Lipinski definition) is 2. The van der Waals surface area contributed by atoms with Crippen molar-refractivity contribution in [3.05, 3.63) is 29.0 Å². The predicted molar refractivity (Wildman–Crippen MR) is 67.1 cm³/mol. The first-order valence-electron chi connectivity index (χ1n) is 5.88. The van der Waals surface area contributed by atoms with Crippen molar-refractivity contribution in [3.8, 4) is 5.75 Å². The summed E-state index contributed by atoms with van der Waals surface area (Å²) in [5.41, 5.74) is 0. The van der Waals surface area contributed by atoms with Gasteiger partial charge in [0.1, 0.15) is 18.2 Å². The van der Waals surface area contributed by atoms with Crippen LogP contribution in [0.5, 0.6) is 5.75 Å². The molecule has 0 aromatic heterocycles. The zero-order chi connectivity index (χ0) is 12.4. The maximum atomic E-state index is 12.8. The maximum Gasteiger partial charge on any atom is 0.138 e. The lowest BCUT2D eigenvalue weighted by molar-refractivity contribution is 0.287. The molecule has 0 amide bonds. The molecule has 1 saturated heterocycles. The van der Waals surface area contributed by atoms with E-state index >= 15 is 0 Å². The first kappa shape index (κ1) is 12.7. The summed E-state index contributed by atoms with van der Waals surface area (Å²) in [6.45, 7) is 7.21. The predicted octanol–water partition coefficient (Wildman–Crippen LogP) is 3.20. The van der Waals surface area contributed by atoms with Crippen LogP contribution in [-0.2, 0) is 0 Å². The highest BCUT2D eigenvalue weighted by atomic mass is 35.5. The fourth-order valence-corrected chi connectivity index (χ4v) is 2.07. The summed E-state index contributed by atoms with van der Waals surface area (Å²) in [5.74, 6) is 0.897. The van der Waals surface area contributed by atoms with Gasteiger partial charge in [0.05, 0.1) is 11.1 Å². The minimum Gasteiger partial charge on any atom is -0.490 e. The molecular weight excluding hydrogens is 241 g/mol. The van der Waals surface area contributed by atoms with Crippen LogP contribution in [0, 0.1) is 11.7 Å². The lowest BCUT2D eigenvalue weighted by atomic mass is 10.2. The van der Waals surface area contributed by atoms with Gasteiger partial charge in [-0.25, -0.2) is 4.39 Å². The van der Waals surface area contributed by atoms with Gasteiger partial charge < -0.3 is 4.74 Å². The molecule has 0 bridgehead atoms. The van der Waals surface area contributed by atoms with Crippen molar-refractivity contribution >= 4 is 11.6 Å². The highest BCUT2D eigenvalue weighted by Gasteiger charge is 2.34.